The Balaban J connectivity index is 2.21. The van der Waals surface area contributed by atoms with E-state index in [1.165, 1.54) is 28.6 Å². The van der Waals surface area contributed by atoms with Crippen LogP contribution in [-0.4, -0.2) is 44.2 Å². The smallest absolute Gasteiger partial charge is 0.251 e. The third-order valence-corrected chi connectivity index (χ3v) is 5.12. The summed E-state index contributed by atoms with van der Waals surface area (Å²) in [6, 6.07) is 5.75. The molecule has 1 saturated heterocycles. The lowest BCUT2D eigenvalue weighted by atomic mass is 10.2. The summed E-state index contributed by atoms with van der Waals surface area (Å²) in [7, 11) is -3.56. The van der Waals surface area contributed by atoms with Crippen molar-refractivity contribution in [2.75, 3.05) is 19.6 Å². The molecule has 1 aliphatic heterocycles. The van der Waals surface area contributed by atoms with Gasteiger partial charge in [0.2, 0.25) is 15.9 Å². The number of hydrogen-bond donors (Lipinski definition) is 2. The average molecular weight is 311 g/mol. The molecule has 0 bridgehead atoms. The van der Waals surface area contributed by atoms with Crippen molar-refractivity contribution in [3.63, 3.8) is 0 Å². The molecule has 0 atom stereocenters. The zero-order valence-electron chi connectivity index (χ0n) is 11.4. The van der Waals surface area contributed by atoms with Crippen LogP contribution in [0.15, 0.2) is 29.2 Å². The maximum absolute atomic E-state index is 12.4. The summed E-state index contributed by atoms with van der Waals surface area (Å²) < 4.78 is 26.2. The van der Waals surface area contributed by atoms with Crippen molar-refractivity contribution in [1.82, 2.24) is 9.62 Å². The quantitative estimate of drug-likeness (QED) is 0.777. The fourth-order valence-electron chi connectivity index (χ4n) is 2.14. The number of carbonyl (C=O) groups is 2. The van der Waals surface area contributed by atoms with E-state index in [2.05, 4.69) is 5.32 Å². The van der Waals surface area contributed by atoms with Crippen LogP contribution in [0.5, 0.6) is 0 Å². The maximum Gasteiger partial charge on any atom is 0.251 e. The molecule has 8 heteroatoms. The van der Waals surface area contributed by atoms with Crippen LogP contribution in [0.2, 0.25) is 0 Å². The molecule has 2 amide bonds. The highest BCUT2D eigenvalue weighted by Gasteiger charge is 2.27. The van der Waals surface area contributed by atoms with E-state index >= 15 is 0 Å². The second-order valence-corrected chi connectivity index (χ2v) is 6.73. The Morgan fingerprint density at radius 2 is 1.90 bits per heavy atom. The molecule has 0 spiro atoms. The van der Waals surface area contributed by atoms with Gasteiger partial charge in [-0.05, 0) is 31.0 Å². The summed E-state index contributed by atoms with van der Waals surface area (Å²) in [5.41, 5.74) is 5.12. The van der Waals surface area contributed by atoms with Crippen molar-refractivity contribution < 1.29 is 18.0 Å². The molecule has 3 N–H and O–H groups in total. The Bertz CT molecular complexity index is 651. The molecule has 0 aliphatic carbocycles. The van der Waals surface area contributed by atoms with E-state index in [1.54, 1.807) is 0 Å². The van der Waals surface area contributed by atoms with Crippen molar-refractivity contribution >= 4 is 21.8 Å². The van der Waals surface area contributed by atoms with Gasteiger partial charge in [-0.1, -0.05) is 6.07 Å². The molecule has 1 heterocycles. The van der Waals surface area contributed by atoms with Crippen molar-refractivity contribution in [3.8, 4) is 0 Å². The Morgan fingerprint density at radius 1 is 1.24 bits per heavy atom. The SMILES string of the molecule is NC(=O)CNC(=O)c1cccc(S(=O)(=O)N2CCCC2)c1. The van der Waals surface area contributed by atoms with E-state index in [4.69, 9.17) is 5.73 Å². The minimum atomic E-state index is -3.56. The topological polar surface area (TPSA) is 110 Å². The van der Waals surface area contributed by atoms with Crippen LogP contribution in [0.4, 0.5) is 0 Å². The summed E-state index contributed by atoms with van der Waals surface area (Å²) in [6.45, 7) is 0.711. The summed E-state index contributed by atoms with van der Waals surface area (Å²) in [5, 5.41) is 2.32. The zero-order valence-corrected chi connectivity index (χ0v) is 12.2. The number of benzene rings is 1. The van der Waals surface area contributed by atoms with Gasteiger partial charge in [-0.3, -0.25) is 9.59 Å². The zero-order chi connectivity index (χ0) is 15.5. The first-order valence-electron chi connectivity index (χ1n) is 6.58. The molecular weight excluding hydrogens is 294 g/mol. The van der Waals surface area contributed by atoms with Gasteiger partial charge in [-0.2, -0.15) is 4.31 Å². The molecule has 0 aromatic heterocycles. The van der Waals surface area contributed by atoms with E-state index in [1.807, 2.05) is 0 Å². The normalized spacial score (nSPS) is 15.8. The minimum absolute atomic E-state index is 0.0797. The monoisotopic (exact) mass is 311 g/mol. The predicted octanol–water partition coefficient (Wildman–Crippen LogP) is -0.314. The van der Waals surface area contributed by atoms with Gasteiger partial charge in [0.05, 0.1) is 11.4 Å². The molecule has 114 valence electrons. The summed E-state index contributed by atoms with van der Waals surface area (Å²) in [6.07, 6.45) is 1.69. The number of hydrogen-bond acceptors (Lipinski definition) is 4. The second kappa shape index (κ2) is 6.23. The molecule has 1 aliphatic rings. The Morgan fingerprint density at radius 3 is 2.52 bits per heavy atom. The number of primary amides is 1. The standard InChI is InChI=1S/C13H17N3O4S/c14-12(17)9-15-13(18)10-4-3-5-11(8-10)21(19,20)16-6-1-2-7-16/h3-5,8H,1-2,6-7,9H2,(H2,14,17)(H,15,18). The third-order valence-electron chi connectivity index (χ3n) is 3.22. The number of sulfonamides is 1. The van der Waals surface area contributed by atoms with E-state index in [0.29, 0.717) is 13.1 Å². The highest BCUT2D eigenvalue weighted by molar-refractivity contribution is 7.89. The molecule has 1 aromatic carbocycles. The predicted molar refractivity (Wildman–Crippen MR) is 76.0 cm³/mol. The van der Waals surface area contributed by atoms with Crippen LogP contribution in [-0.2, 0) is 14.8 Å². The lowest BCUT2D eigenvalue weighted by Crippen LogP contribution is -2.33. The number of amides is 2. The van der Waals surface area contributed by atoms with Crippen LogP contribution >= 0.6 is 0 Å². The fraction of sp³-hybridized carbons (Fsp3) is 0.385. The van der Waals surface area contributed by atoms with E-state index in [9.17, 15) is 18.0 Å². The van der Waals surface area contributed by atoms with Gasteiger partial charge >= 0.3 is 0 Å². The lowest BCUT2D eigenvalue weighted by molar-refractivity contribution is -0.117. The molecule has 1 aromatic rings. The Kier molecular flexibility index (Phi) is 4.59. The largest absolute Gasteiger partial charge is 0.368 e. The second-order valence-electron chi connectivity index (χ2n) is 4.79. The van der Waals surface area contributed by atoms with E-state index in [-0.39, 0.29) is 17.0 Å². The van der Waals surface area contributed by atoms with Crippen molar-refractivity contribution in [2.45, 2.75) is 17.7 Å². The summed E-state index contributed by atoms with van der Waals surface area (Å²) in [5.74, 6) is -1.20. The van der Waals surface area contributed by atoms with Gasteiger partial charge in [0, 0.05) is 18.7 Å². The lowest BCUT2D eigenvalue weighted by Gasteiger charge is -2.15. The van der Waals surface area contributed by atoms with Crippen LogP contribution < -0.4 is 11.1 Å². The number of nitrogens with one attached hydrogen (secondary N) is 1. The van der Waals surface area contributed by atoms with Crippen molar-refractivity contribution in [2.24, 2.45) is 5.73 Å². The number of carbonyl (C=O) groups excluding carboxylic acids is 2. The van der Waals surface area contributed by atoms with Gasteiger partial charge in [0.15, 0.2) is 0 Å². The van der Waals surface area contributed by atoms with Gasteiger partial charge in [-0.15, -0.1) is 0 Å². The number of nitrogens with two attached hydrogens (primary N) is 1. The highest BCUT2D eigenvalue weighted by Crippen LogP contribution is 2.21. The van der Waals surface area contributed by atoms with Gasteiger partial charge in [-0.25, -0.2) is 8.42 Å². The van der Waals surface area contributed by atoms with Crippen LogP contribution in [0.3, 0.4) is 0 Å². The average Bonchev–Trinajstić information content (AvgIpc) is 2.99. The molecule has 21 heavy (non-hydrogen) atoms. The molecule has 1 fully saturated rings. The molecular formula is C13H17N3O4S. The number of rotatable bonds is 5. The van der Waals surface area contributed by atoms with Crippen LogP contribution in [0.1, 0.15) is 23.2 Å². The summed E-state index contributed by atoms with van der Waals surface area (Å²) in [4.78, 5) is 22.5. The van der Waals surface area contributed by atoms with Crippen molar-refractivity contribution in [1.29, 1.82) is 0 Å². The van der Waals surface area contributed by atoms with E-state index < -0.39 is 21.8 Å². The third kappa shape index (κ3) is 3.59. The first-order chi connectivity index (χ1) is 9.91. The molecule has 7 nitrogen and oxygen atoms in total. The number of nitrogens with zero attached hydrogens (tertiary/aromatic N) is 1. The maximum atomic E-state index is 12.4. The minimum Gasteiger partial charge on any atom is -0.368 e. The molecule has 0 radical (unpaired) electrons. The molecule has 2 rings (SSSR count). The summed E-state index contributed by atoms with van der Waals surface area (Å²) >= 11 is 0. The molecule has 0 unspecified atom stereocenters. The van der Waals surface area contributed by atoms with Crippen molar-refractivity contribution in [3.05, 3.63) is 29.8 Å². The first-order valence-corrected chi connectivity index (χ1v) is 8.02. The highest BCUT2D eigenvalue weighted by atomic mass is 32.2. The van der Waals surface area contributed by atoms with Gasteiger partial charge in [0.25, 0.3) is 5.91 Å². The fourth-order valence-corrected chi connectivity index (χ4v) is 3.71. The Labute approximate surface area is 123 Å². The molecule has 0 saturated carbocycles. The van der Waals surface area contributed by atoms with E-state index in [0.717, 1.165) is 12.8 Å². The first kappa shape index (κ1) is 15.5. The van der Waals surface area contributed by atoms with Crippen LogP contribution in [0, 0.1) is 0 Å². The van der Waals surface area contributed by atoms with Gasteiger partial charge < -0.3 is 11.1 Å². The Hall–Kier alpha value is -1.93. The van der Waals surface area contributed by atoms with Gasteiger partial charge in [0.1, 0.15) is 0 Å². The van der Waals surface area contributed by atoms with Crippen LogP contribution in [0.25, 0.3) is 0 Å².